The standard InChI is InChI=1S/C17H32O2S/c1-15-16(20-15)13-11-9-7-5-3-4-6-8-10-12-14-17(18)19-2/h15-16H,3-14H2,1-2H3. The maximum Gasteiger partial charge on any atom is 0.305 e. The molecule has 1 saturated heterocycles. The summed E-state index contributed by atoms with van der Waals surface area (Å²) in [5.74, 6) is -0.0657. The Kier molecular flexibility index (Phi) is 10.3. The van der Waals surface area contributed by atoms with Crippen LogP contribution in [0.15, 0.2) is 0 Å². The van der Waals surface area contributed by atoms with Gasteiger partial charge in [-0.2, -0.15) is 11.8 Å². The van der Waals surface area contributed by atoms with Crippen LogP contribution >= 0.6 is 11.8 Å². The summed E-state index contributed by atoms with van der Waals surface area (Å²) in [6.07, 6.45) is 15.3. The van der Waals surface area contributed by atoms with E-state index in [4.69, 9.17) is 0 Å². The molecule has 0 aromatic heterocycles. The molecule has 0 saturated carbocycles. The Balaban J connectivity index is 1.67. The SMILES string of the molecule is COC(=O)CCCCCCCCCCCCC1SC1C. The average molecular weight is 301 g/mol. The highest BCUT2D eigenvalue weighted by Gasteiger charge is 2.32. The molecule has 0 bridgehead atoms. The molecule has 2 nitrogen and oxygen atoms in total. The van der Waals surface area contributed by atoms with E-state index in [2.05, 4.69) is 23.4 Å². The predicted molar refractivity (Wildman–Crippen MR) is 88.3 cm³/mol. The molecule has 0 aliphatic carbocycles. The third-order valence-electron chi connectivity index (χ3n) is 4.18. The van der Waals surface area contributed by atoms with Crippen LogP contribution in [0.3, 0.4) is 0 Å². The Morgan fingerprint density at radius 2 is 1.35 bits per heavy atom. The van der Waals surface area contributed by atoms with Crippen molar-refractivity contribution in [2.24, 2.45) is 0 Å². The van der Waals surface area contributed by atoms with Gasteiger partial charge in [-0.15, -0.1) is 0 Å². The third kappa shape index (κ3) is 9.68. The molecule has 0 N–H and O–H groups in total. The van der Waals surface area contributed by atoms with Crippen LogP contribution in [0.5, 0.6) is 0 Å². The van der Waals surface area contributed by atoms with Crippen LogP contribution < -0.4 is 0 Å². The van der Waals surface area contributed by atoms with Crippen molar-refractivity contribution < 1.29 is 9.53 Å². The van der Waals surface area contributed by atoms with Gasteiger partial charge in [-0.3, -0.25) is 4.79 Å². The molecule has 0 radical (unpaired) electrons. The molecule has 0 aromatic rings. The quantitative estimate of drug-likeness (QED) is 0.261. The first kappa shape index (κ1) is 17.9. The van der Waals surface area contributed by atoms with E-state index in [9.17, 15) is 4.79 Å². The van der Waals surface area contributed by atoms with Crippen LogP contribution in [-0.2, 0) is 9.53 Å². The molecular formula is C17H32O2S. The minimum atomic E-state index is -0.0657. The van der Waals surface area contributed by atoms with Gasteiger partial charge < -0.3 is 4.74 Å². The van der Waals surface area contributed by atoms with Crippen molar-refractivity contribution in [3.8, 4) is 0 Å². The zero-order valence-electron chi connectivity index (χ0n) is 13.4. The van der Waals surface area contributed by atoms with Gasteiger partial charge in [0.1, 0.15) is 0 Å². The van der Waals surface area contributed by atoms with Crippen molar-refractivity contribution in [2.45, 2.75) is 94.5 Å². The minimum absolute atomic E-state index is 0.0657. The lowest BCUT2D eigenvalue weighted by Gasteiger charge is -2.02. The van der Waals surface area contributed by atoms with E-state index < -0.39 is 0 Å². The van der Waals surface area contributed by atoms with Gasteiger partial charge >= 0.3 is 5.97 Å². The Morgan fingerprint density at radius 1 is 0.900 bits per heavy atom. The van der Waals surface area contributed by atoms with E-state index in [1.165, 1.54) is 71.3 Å². The molecule has 1 aliphatic heterocycles. The van der Waals surface area contributed by atoms with Gasteiger partial charge in [0.15, 0.2) is 0 Å². The second kappa shape index (κ2) is 11.5. The van der Waals surface area contributed by atoms with Crippen LogP contribution in [0.4, 0.5) is 0 Å². The number of hydrogen-bond acceptors (Lipinski definition) is 3. The summed E-state index contributed by atoms with van der Waals surface area (Å²) < 4.78 is 4.63. The highest BCUT2D eigenvalue weighted by Crippen LogP contribution is 2.43. The van der Waals surface area contributed by atoms with Gasteiger partial charge in [0.2, 0.25) is 0 Å². The summed E-state index contributed by atoms with van der Waals surface area (Å²) >= 11 is 2.15. The second-order valence-corrected chi connectivity index (χ2v) is 7.65. The number of methoxy groups -OCH3 is 1. The average Bonchev–Trinajstić information content (AvgIpc) is 3.15. The largest absolute Gasteiger partial charge is 0.469 e. The molecule has 1 aliphatic rings. The number of unbranched alkanes of at least 4 members (excludes halogenated alkanes) is 9. The summed E-state index contributed by atoms with van der Waals surface area (Å²) in [7, 11) is 1.46. The minimum Gasteiger partial charge on any atom is -0.469 e. The number of carbonyl (C=O) groups is 1. The zero-order chi connectivity index (χ0) is 14.6. The van der Waals surface area contributed by atoms with E-state index in [-0.39, 0.29) is 5.97 Å². The number of carbonyl (C=O) groups excluding carboxylic acids is 1. The fourth-order valence-electron chi connectivity index (χ4n) is 2.66. The van der Waals surface area contributed by atoms with Gasteiger partial charge in [0, 0.05) is 16.9 Å². The fourth-order valence-corrected chi connectivity index (χ4v) is 3.56. The van der Waals surface area contributed by atoms with E-state index in [1.54, 1.807) is 0 Å². The Morgan fingerprint density at radius 3 is 1.80 bits per heavy atom. The molecule has 0 spiro atoms. The van der Waals surface area contributed by atoms with Crippen LogP contribution in [0.25, 0.3) is 0 Å². The smallest absolute Gasteiger partial charge is 0.305 e. The molecule has 1 heterocycles. The van der Waals surface area contributed by atoms with Gasteiger partial charge in [-0.05, 0) is 12.8 Å². The van der Waals surface area contributed by atoms with Gasteiger partial charge in [0.25, 0.3) is 0 Å². The highest BCUT2D eigenvalue weighted by atomic mass is 32.2. The van der Waals surface area contributed by atoms with Gasteiger partial charge in [0.05, 0.1) is 7.11 Å². The summed E-state index contributed by atoms with van der Waals surface area (Å²) in [5, 5.41) is 1.95. The molecule has 2 unspecified atom stereocenters. The Labute approximate surface area is 129 Å². The Bertz CT molecular complexity index is 255. The van der Waals surface area contributed by atoms with E-state index in [0.717, 1.165) is 16.9 Å². The molecule has 0 aromatic carbocycles. The van der Waals surface area contributed by atoms with Gasteiger partial charge in [-0.25, -0.2) is 0 Å². The maximum absolute atomic E-state index is 10.9. The molecular weight excluding hydrogens is 268 g/mol. The normalized spacial score (nSPS) is 20.9. The Hall–Kier alpha value is -0.180. The van der Waals surface area contributed by atoms with E-state index in [0.29, 0.717) is 6.42 Å². The van der Waals surface area contributed by atoms with Crippen LogP contribution in [-0.4, -0.2) is 23.6 Å². The molecule has 2 atom stereocenters. The van der Waals surface area contributed by atoms with Crippen LogP contribution in [0.2, 0.25) is 0 Å². The van der Waals surface area contributed by atoms with Crippen molar-refractivity contribution in [3.63, 3.8) is 0 Å². The molecule has 118 valence electrons. The van der Waals surface area contributed by atoms with Crippen LogP contribution in [0.1, 0.15) is 84.0 Å². The summed E-state index contributed by atoms with van der Waals surface area (Å²) in [4.78, 5) is 10.9. The monoisotopic (exact) mass is 300 g/mol. The third-order valence-corrected chi connectivity index (χ3v) is 5.62. The molecule has 1 fully saturated rings. The van der Waals surface area contributed by atoms with Crippen molar-refractivity contribution in [3.05, 3.63) is 0 Å². The molecule has 1 rings (SSSR count). The van der Waals surface area contributed by atoms with E-state index >= 15 is 0 Å². The lowest BCUT2D eigenvalue weighted by Crippen LogP contribution is -1.99. The first-order valence-corrected chi connectivity index (χ1v) is 9.40. The van der Waals surface area contributed by atoms with Crippen molar-refractivity contribution in [1.82, 2.24) is 0 Å². The summed E-state index contributed by atoms with van der Waals surface area (Å²) in [6.45, 7) is 2.35. The number of rotatable bonds is 13. The number of hydrogen-bond donors (Lipinski definition) is 0. The predicted octanol–water partition coefficient (Wildman–Crippen LogP) is 5.34. The molecule has 3 heteroatoms. The highest BCUT2D eigenvalue weighted by molar-refractivity contribution is 8.07. The van der Waals surface area contributed by atoms with Crippen molar-refractivity contribution in [2.75, 3.05) is 7.11 Å². The second-order valence-electron chi connectivity index (χ2n) is 6.03. The summed E-state index contributed by atoms with van der Waals surface area (Å²) in [6, 6.07) is 0. The number of ether oxygens (including phenoxy) is 1. The molecule has 20 heavy (non-hydrogen) atoms. The lowest BCUT2D eigenvalue weighted by atomic mass is 10.0. The van der Waals surface area contributed by atoms with Crippen LogP contribution in [0, 0.1) is 0 Å². The first-order valence-electron chi connectivity index (χ1n) is 8.46. The summed E-state index contributed by atoms with van der Waals surface area (Å²) in [5.41, 5.74) is 0. The number of esters is 1. The fraction of sp³-hybridized carbons (Fsp3) is 0.941. The maximum atomic E-state index is 10.9. The van der Waals surface area contributed by atoms with Crippen molar-refractivity contribution in [1.29, 1.82) is 0 Å². The lowest BCUT2D eigenvalue weighted by molar-refractivity contribution is -0.140. The van der Waals surface area contributed by atoms with Crippen molar-refractivity contribution >= 4 is 17.7 Å². The molecule has 0 amide bonds. The number of thioether (sulfide) groups is 1. The van der Waals surface area contributed by atoms with E-state index in [1.807, 2.05) is 0 Å². The zero-order valence-corrected chi connectivity index (χ0v) is 14.2. The topological polar surface area (TPSA) is 26.3 Å². The van der Waals surface area contributed by atoms with Gasteiger partial charge in [-0.1, -0.05) is 64.7 Å². The first-order chi connectivity index (χ1) is 9.74.